The molecule has 3 heterocycles. The second kappa shape index (κ2) is 6.60. The van der Waals surface area contributed by atoms with Gasteiger partial charge in [-0.3, -0.25) is 4.99 Å². The van der Waals surface area contributed by atoms with Gasteiger partial charge in [-0.15, -0.1) is 24.0 Å². The summed E-state index contributed by atoms with van der Waals surface area (Å²) in [5.41, 5.74) is 0.248. The molecule has 0 aromatic carbocycles. The zero-order chi connectivity index (χ0) is 14.3. The molecule has 2 bridgehead atoms. The van der Waals surface area contributed by atoms with Gasteiger partial charge in [0.25, 0.3) is 0 Å². The van der Waals surface area contributed by atoms with E-state index < -0.39 is 0 Å². The molecule has 3 saturated heterocycles. The van der Waals surface area contributed by atoms with Crippen LogP contribution in [0.15, 0.2) is 4.99 Å². The molecule has 5 heteroatoms. The number of guanidine groups is 1. The van der Waals surface area contributed by atoms with Gasteiger partial charge in [0.05, 0.1) is 12.2 Å². The number of nitrogens with zero attached hydrogens (tertiary/aromatic N) is 2. The van der Waals surface area contributed by atoms with Gasteiger partial charge in [-0.25, -0.2) is 0 Å². The number of fused-ring (bicyclic) bond motifs is 5. The van der Waals surface area contributed by atoms with Crippen molar-refractivity contribution in [3.05, 3.63) is 0 Å². The van der Waals surface area contributed by atoms with Crippen LogP contribution in [0.2, 0.25) is 0 Å². The number of hydrogen-bond acceptors (Lipinski definition) is 2. The third kappa shape index (κ3) is 3.66. The number of aliphatic imine (C=N–C) groups is 1. The first-order valence-electron chi connectivity index (χ1n) is 8.16. The summed E-state index contributed by atoms with van der Waals surface area (Å²) >= 11 is 0. The molecule has 4 nitrogen and oxygen atoms in total. The fourth-order valence-corrected chi connectivity index (χ4v) is 3.87. The maximum Gasteiger partial charge on any atom is 0.193 e. The highest BCUT2D eigenvalue weighted by molar-refractivity contribution is 14.0. The van der Waals surface area contributed by atoms with Crippen LogP contribution in [0.25, 0.3) is 0 Å². The Bertz CT molecular complexity index is 375. The number of halogens is 1. The molecule has 0 aliphatic carbocycles. The third-order valence-corrected chi connectivity index (χ3v) is 4.79. The molecule has 0 spiro atoms. The summed E-state index contributed by atoms with van der Waals surface area (Å²) in [4.78, 5) is 7.33. The zero-order valence-electron chi connectivity index (χ0n) is 13.8. The Morgan fingerprint density at radius 3 is 2.24 bits per heavy atom. The summed E-state index contributed by atoms with van der Waals surface area (Å²) in [5, 5.41) is 3.47. The standard InChI is InChI=1S/C16H29N3O.HI/c1-5-17-15(18-10-16(2,3)4)19-8-11-12(9-19)14-7-6-13(11)20-14;/h11-14H,5-10H2,1-4H3,(H,17,18);1H. The van der Waals surface area contributed by atoms with Gasteiger partial charge in [-0.05, 0) is 25.2 Å². The minimum Gasteiger partial charge on any atom is -0.374 e. The topological polar surface area (TPSA) is 36.9 Å². The van der Waals surface area contributed by atoms with E-state index in [1.165, 1.54) is 12.8 Å². The van der Waals surface area contributed by atoms with Crippen LogP contribution in [0.1, 0.15) is 40.5 Å². The van der Waals surface area contributed by atoms with E-state index in [2.05, 4.69) is 37.9 Å². The van der Waals surface area contributed by atoms with Crippen molar-refractivity contribution in [1.29, 1.82) is 0 Å². The van der Waals surface area contributed by atoms with E-state index in [4.69, 9.17) is 9.73 Å². The van der Waals surface area contributed by atoms with Crippen molar-refractivity contribution < 1.29 is 4.74 Å². The molecule has 3 aliphatic heterocycles. The van der Waals surface area contributed by atoms with Crippen LogP contribution in [0.4, 0.5) is 0 Å². The lowest BCUT2D eigenvalue weighted by atomic mass is 9.82. The normalized spacial score (nSPS) is 34.9. The van der Waals surface area contributed by atoms with Crippen molar-refractivity contribution in [2.45, 2.75) is 52.7 Å². The van der Waals surface area contributed by atoms with Gasteiger partial charge in [-0.1, -0.05) is 20.8 Å². The molecule has 0 saturated carbocycles. The Hall–Kier alpha value is -0.0400. The average Bonchev–Trinajstić information content (AvgIpc) is 3.03. The van der Waals surface area contributed by atoms with Gasteiger partial charge in [0, 0.05) is 38.0 Å². The summed E-state index contributed by atoms with van der Waals surface area (Å²) in [6.07, 6.45) is 3.60. The van der Waals surface area contributed by atoms with Crippen molar-refractivity contribution in [2.24, 2.45) is 22.2 Å². The minimum absolute atomic E-state index is 0. The number of rotatable bonds is 2. The molecule has 0 amide bonds. The number of likely N-dealkylation sites (tertiary alicyclic amines) is 1. The number of hydrogen-bond donors (Lipinski definition) is 1. The average molecular weight is 407 g/mol. The molecule has 3 rings (SSSR count). The summed E-state index contributed by atoms with van der Waals surface area (Å²) in [7, 11) is 0. The van der Waals surface area contributed by atoms with E-state index in [1.54, 1.807) is 0 Å². The van der Waals surface area contributed by atoms with Crippen molar-refractivity contribution in [2.75, 3.05) is 26.2 Å². The maximum atomic E-state index is 6.05. The van der Waals surface area contributed by atoms with E-state index in [-0.39, 0.29) is 29.4 Å². The molecule has 0 aromatic heterocycles. The van der Waals surface area contributed by atoms with Gasteiger partial charge >= 0.3 is 0 Å². The third-order valence-electron chi connectivity index (χ3n) is 4.79. The molecule has 21 heavy (non-hydrogen) atoms. The summed E-state index contributed by atoms with van der Waals surface area (Å²) in [5.74, 6) is 2.59. The van der Waals surface area contributed by atoms with Gasteiger partial charge in [0.15, 0.2) is 5.96 Å². The van der Waals surface area contributed by atoms with Gasteiger partial charge < -0.3 is 15.0 Å². The molecule has 0 radical (unpaired) electrons. The Kier molecular flexibility index (Phi) is 5.45. The summed E-state index contributed by atoms with van der Waals surface area (Å²) < 4.78 is 6.05. The minimum atomic E-state index is 0. The quantitative estimate of drug-likeness (QED) is 0.435. The van der Waals surface area contributed by atoms with Crippen molar-refractivity contribution in [1.82, 2.24) is 10.2 Å². The van der Waals surface area contributed by atoms with Crippen molar-refractivity contribution in [3.8, 4) is 0 Å². The van der Waals surface area contributed by atoms with Gasteiger partial charge in [0.1, 0.15) is 0 Å². The largest absolute Gasteiger partial charge is 0.374 e. The first kappa shape index (κ1) is 17.3. The van der Waals surface area contributed by atoms with Crippen LogP contribution in [0.5, 0.6) is 0 Å². The molecule has 122 valence electrons. The van der Waals surface area contributed by atoms with Gasteiger partial charge in [0.2, 0.25) is 0 Å². The van der Waals surface area contributed by atoms with Crippen LogP contribution in [0.3, 0.4) is 0 Å². The lowest BCUT2D eigenvalue weighted by Gasteiger charge is -2.25. The molecule has 1 N–H and O–H groups in total. The van der Waals surface area contributed by atoms with Crippen LogP contribution in [-0.2, 0) is 4.74 Å². The summed E-state index contributed by atoms with van der Waals surface area (Å²) in [6, 6.07) is 0. The van der Waals surface area contributed by atoms with E-state index in [0.717, 1.165) is 44.0 Å². The second-order valence-corrected chi connectivity index (χ2v) is 7.75. The van der Waals surface area contributed by atoms with E-state index in [1.807, 2.05) is 0 Å². The first-order chi connectivity index (χ1) is 9.48. The fourth-order valence-electron chi connectivity index (χ4n) is 3.87. The number of nitrogens with one attached hydrogen (secondary N) is 1. The lowest BCUT2D eigenvalue weighted by Crippen LogP contribution is -2.41. The van der Waals surface area contributed by atoms with E-state index in [9.17, 15) is 0 Å². The SMILES string of the molecule is CCNC(=NCC(C)(C)C)N1CC2C3CCC(O3)C2C1.I. The van der Waals surface area contributed by atoms with E-state index in [0.29, 0.717) is 12.2 Å². The first-order valence-corrected chi connectivity index (χ1v) is 8.16. The predicted molar refractivity (Wildman–Crippen MR) is 97.3 cm³/mol. The maximum absolute atomic E-state index is 6.05. The fraction of sp³-hybridized carbons (Fsp3) is 0.938. The number of ether oxygens (including phenoxy) is 1. The zero-order valence-corrected chi connectivity index (χ0v) is 16.1. The van der Waals surface area contributed by atoms with Crippen LogP contribution in [-0.4, -0.2) is 49.2 Å². The molecule has 3 fully saturated rings. The molecule has 4 unspecified atom stereocenters. The molecule has 3 aliphatic rings. The molecular weight excluding hydrogens is 377 g/mol. The lowest BCUT2D eigenvalue weighted by molar-refractivity contribution is 0.0767. The van der Waals surface area contributed by atoms with Gasteiger partial charge in [-0.2, -0.15) is 0 Å². The molecular formula is C16H30IN3O. The summed E-state index contributed by atoms with van der Waals surface area (Å²) in [6.45, 7) is 13.0. The smallest absolute Gasteiger partial charge is 0.193 e. The van der Waals surface area contributed by atoms with Crippen molar-refractivity contribution >= 4 is 29.9 Å². The Balaban J connectivity index is 0.00000161. The van der Waals surface area contributed by atoms with Crippen LogP contribution in [0, 0.1) is 17.3 Å². The Morgan fingerprint density at radius 2 is 1.76 bits per heavy atom. The second-order valence-electron chi connectivity index (χ2n) is 7.75. The highest BCUT2D eigenvalue weighted by Gasteiger charge is 2.53. The monoisotopic (exact) mass is 407 g/mol. The van der Waals surface area contributed by atoms with Crippen molar-refractivity contribution in [3.63, 3.8) is 0 Å². The highest BCUT2D eigenvalue weighted by atomic mass is 127. The van der Waals surface area contributed by atoms with E-state index >= 15 is 0 Å². The van der Waals surface area contributed by atoms with Crippen LogP contribution >= 0.6 is 24.0 Å². The predicted octanol–water partition coefficient (Wildman–Crippen LogP) is 2.73. The molecule has 4 atom stereocenters. The van der Waals surface area contributed by atoms with Crippen LogP contribution < -0.4 is 5.32 Å². The molecule has 0 aromatic rings. The highest BCUT2D eigenvalue weighted by Crippen LogP contribution is 2.47. The Morgan fingerprint density at radius 1 is 1.19 bits per heavy atom. The Labute approximate surface area is 146 Å².